The van der Waals surface area contributed by atoms with Crippen LogP contribution in [0.4, 0.5) is 0 Å². The Labute approximate surface area is 104 Å². The summed E-state index contributed by atoms with van der Waals surface area (Å²) >= 11 is 0. The van der Waals surface area contributed by atoms with Crippen molar-refractivity contribution in [2.45, 2.75) is 38.6 Å². The Morgan fingerprint density at radius 3 is 2.71 bits per heavy atom. The molecule has 2 saturated heterocycles. The van der Waals surface area contributed by atoms with Crippen LogP contribution in [0.5, 0.6) is 0 Å². The van der Waals surface area contributed by atoms with Crippen molar-refractivity contribution >= 4 is 5.91 Å². The maximum atomic E-state index is 10.9. The molecular formula is C13H25N3O. The normalized spacial score (nSPS) is 27.2. The van der Waals surface area contributed by atoms with Crippen molar-refractivity contribution in [2.24, 2.45) is 5.92 Å². The van der Waals surface area contributed by atoms with Crippen LogP contribution in [0.1, 0.15) is 32.6 Å². The van der Waals surface area contributed by atoms with Gasteiger partial charge in [0, 0.05) is 26.1 Å². The molecule has 0 aromatic heterocycles. The zero-order valence-electron chi connectivity index (χ0n) is 10.9. The van der Waals surface area contributed by atoms with Gasteiger partial charge in [0.2, 0.25) is 5.91 Å². The minimum Gasteiger partial charge on any atom is -0.356 e. The number of nitrogens with one attached hydrogen (secondary N) is 2. The van der Waals surface area contributed by atoms with Crippen molar-refractivity contribution in [3.63, 3.8) is 0 Å². The molecule has 0 saturated carbocycles. The quantitative estimate of drug-likeness (QED) is 0.754. The van der Waals surface area contributed by atoms with Gasteiger partial charge in [-0.1, -0.05) is 0 Å². The fraction of sp³-hybridized carbons (Fsp3) is 0.923. The van der Waals surface area contributed by atoms with E-state index in [4.69, 9.17) is 0 Å². The number of rotatable bonds is 4. The smallest absolute Gasteiger partial charge is 0.216 e. The summed E-state index contributed by atoms with van der Waals surface area (Å²) in [6, 6.07) is 0.724. The molecule has 2 N–H and O–H groups in total. The summed E-state index contributed by atoms with van der Waals surface area (Å²) in [6.45, 7) is 7.27. The molecule has 0 aliphatic carbocycles. The number of hydrogen-bond acceptors (Lipinski definition) is 3. The number of hydrogen-bond donors (Lipinski definition) is 2. The van der Waals surface area contributed by atoms with Crippen LogP contribution < -0.4 is 10.6 Å². The third kappa shape index (κ3) is 4.28. The standard InChI is InChI=1S/C13H25N3O/c1-11(17)15-9-12-4-7-16(8-5-12)10-13-3-2-6-14-13/h12-14H,2-10H2,1H3,(H,15,17)/t13-/m0/s1. The average molecular weight is 239 g/mol. The largest absolute Gasteiger partial charge is 0.356 e. The van der Waals surface area contributed by atoms with Gasteiger partial charge in [0.15, 0.2) is 0 Å². The molecule has 17 heavy (non-hydrogen) atoms. The third-order valence-electron chi connectivity index (χ3n) is 3.99. The molecule has 4 nitrogen and oxygen atoms in total. The SMILES string of the molecule is CC(=O)NCC1CCN(C[C@@H]2CCCN2)CC1. The first-order chi connectivity index (χ1) is 8.24. The lowest BCUT2D eigenvalue weighted by atomic mass is 9.96. The summed E-state index contributed by atoms with van der Waals surface area (Å²) in [5.74, 6) is 0.786. The van der Waals surface area contributed by atoms with Crippen molar-refractivity contribution in [1.82, 2.24) is 15.5 Å². The van der Waals surface area contributed by atoms with E-state index in [0.29, 0.717) is 5.92 Å². The molecule has 2 fully saturated rings. The Bertz CT molecular complexity index is 243. The topological polar surface area (TPSA) is 44.4 Å². The summed E-state index contributed by atoms with van der Waals surface area (Å²) < 4.78 is 0. The van der Waals surface area contributed by atoms with Crippen LogP contribution >= 0.6 is 0 Å². The Hall–Kier alpha value is -0.610. The third-order valence-corrected chi connectivity index (χ3v) is 3.99. The van der Waals surface area contributed by atoms with Gasteiger partial charge in [-0.3, -0.25) is 4.79 Å². The molecule has 4 heteroatoms. The molecule has 2 aliphatic heterocycles. The summed E-state index contributed by atoms with van der Waals surface area (Å²) in [7, 11) is 0. The second-order valence-corrected chi connectivity index (χ2v) is 5.47. The minimum atomic E-state index is 0.0996. The Morgan fingerprint density at radius 2 is 2.12 bits per heavy atom. The number of piperidine rings is 1. The van der Waals surface area contributed by atoms with E-state index in [1.807, 2.05) is 0 Å². The van der Waals surface area contributed by atoms with E-state index in [0.717, 1.165) is 12.6 Å². The average Bonchev–Trinajstić information content (AvgIpc) is 2.81. The van der Waals surface area contributed by atoms with Gasteiger partial charge in [-0.25, -0.2) is 0 Å². The maximum Gasteiger partial charge on any atom is 0.216 e. The van der Waals surface area contributed by atoms with Crippen molar-refractivity contribution in [1.29, 1.82) is 0 Å². The highest BCUT2D eigenvalue weighted by Crippen LogP contribution is 2.17. The monoisotopic (exact) mass is 239 g/mol. The van der Waals surface area contributed by atoms with Gasteiger partial charge < -0.3 is 15.5 Å². The van der Waals surface area contributed by atoms with Crippen LogP contribution in [-0.4, -0.2) is 49.6 Å². The molecule has 2 rings (SSSR count). The fourth-order valence-electron chi connectivity index (χ4n) is 2.89. The predicted octanol–water partition coefficient (Wildman–Crippen LogP) is 0.587. The minimum absolute atomic E-state index is 0.0996. The van der Waals surface area contributed by atoms with Gasteiger partial charge in [0.25, 0.3) is 0 Å². The van der Waals surface area contributed by atoms with Gasteiger partial charge in [0.1, 0.15) is 0 Å². The molecule has 0 spiro atoms. The summed E-state index contributed by atoms with van der Waals surface area (Å²) in [5.41, 5.74) is 0. The van der Waals surface area contributed by atoms with Crippen LogP contribution in [0.2, 0.25) is 0 Å². The van der Waals surface area contributed by atoms with Crippen molar-refractivity contribution in [3.8, 4) is 0 Å². The number of carbonyl (C=O) groups is 1. The van der Waals surface area contributed by atoms with E-state index in [1.165, 1.54) is 51.9 Å². The molecule has 0 bridgehead atoms. The number of amides is 1. The van der Waals surface area contributed by atoms with E-state index in [2.05, 4.69) is 15.5 Å². The molecular weight excluding hydrogens is 214 g/mol. The van der Waals surface area contributed by atoms with Crippen LogP contribution in [-0.2, 0) is 4.79 Å². The number of carbonyl (C=O) groups excluding carboxylic acids is 1. The van der Waals surface area contributed by atoms with Crippen molar-refractivity contribution in [2.75, 3.05) is 32.7 Å². The lowest BCUT2D eigenvalue weighted by molar-refractivity contribution is -0.119. The highest BCUT2D eigenvalue weighted by molar-refractivity contribution is 5.72. The van der Waals surface area contributed by atoms with Gasteiger partial charge in [-0.05, 0) is 51.2 Å². The summed E-state index contributed by atoms with van der Waals surface area (Å²) in [5, 5.41) is 6.49. The Morgan fingerprint density at radius 1 is 1.35 bits per heavy atom. The zero-order valence-corrected chi connectivity index (χ0v) is 10.9. The van der Waals surface area contributed by atoms with Crippen LogP contribution in [0, 0.1) is 5.92 Å². The molecule has 0 aromatic carbocycles. The van der Waals surface area contributed by atoms with Crippen molar-refractivity contribution in [3.05, 3.63) is 0 Å². The lowest BCUT2D eigenvalue weighted by Crippen LogP contribution is -2.43. The van der Waals surface area contributed by atoms with Crippen LogP contribution in [0.3, 0.4) is 0 Å². The number of nitrogens with zero attached hydrogens (tertiary/aromatic N) is 1. The molecule has 98 valence electrons. The highest BCUT2D eigenvalue weighted by Gasteiger charge is 2.22. The first-order valence-electron chi connectivity index (χ1n) is 6.94. The van der Waals surface area contributed by atoms with Crippen LogP contribution in [0.15, 0.2) is 0 Å². The lowest BCUT2D eigenvalue weighted by Gasteiger charge is -2.33. The first-order valence-corrected chi connectivity index (χ1v) is 6.94. The van der Waals surface area contributed by atoms with E-state index in [-0.39, 0.29) is 5.91 Å². The molecule has 1 amide bonds. The summed E-state index contributed by atoms with van der Waals surface area (Å²) in [4.78, 5) is 13.4. The van der Waals surface area contributed by atoms with Crippen LogP contribution in [0.25, 0.3) is 0 Å². The Balaban J connectivity index is 1.61. The van der Waals surface area contributed by atoms with Gasteiger partial charge in [0.05, 0.1) is 0 Å². The van der Waals surface area contributed by atoms with Gasteiger partial charge in [-0.15, -0.1) is 0 Å². The van der Waals surface area contributed by atoms with Gasteiger partial charge in [-0.2, -0.15) is 0 Å². The van der Waals surface area contributed by atoms with Crippen molar-refractivity contribution < 1.29 is 4.79 Å². The van der Waals surface area contributed by atoms with E-state index in [9.17, 15) is 4.79 Å². The zero-order chi connectivity index (χ0) is 12.1. The maximum absolute atomic E-state index is 10.9. The van der Waals surface area contributed by atoms with E-state index < -0.39 is 0 Å². The molecule has 2 aliphatic rings. The van der Waals surface area contributed by atoms with E-state index >= 15 is 0 Å². The highest BCUT2D eigenvalue weighted by atomic mass is 16.1. The molecule has 0 radical (unpaired) electrons. The molecule has 0 unspecified atom stereocenters. The second kappa shape index (κ2) is 6.36. The van der Waals surface area contributed by atoms with E-state index in [1.54, 1.807) is 6.92 Å². The molecule has 2 heterocycles. The predicted molar refractivity (Wildman–Crippen MR) is 68.9 cm³/mol. The second-order valence-electron chi connectivity index (χ2n) is 5.47. The first kappa shape index (κ1) is 12.8. The Kier molecular flexibility index (Phi) is 4.80. The molecule has 1 atom stereocenters. The summed E-state index contributed by atoms with van der Waals surface area (Å²) in [6.07, 6.45) is 5.13. The molecule has 0 aromatic rings. The van der Waals surface area contributed by atoms with Gasteiger partial charge >= 0.3 is 0 Å². The number of likely N-dealkylation sites (tertiary alicyclic amines) is 1. The fourth-order valence-corrected chi connectivity index (χ4v) is 2.89.